The van der Waals surface area contributed by atoms with E-state index in [1.165, 1.54) is 19.1 Å². The summed E-state index contributed by atoms with van der Waals surface area (Å²) in [6.07, 6.45) is 8.30. The molecule has 0 bridgehead atoms. The van der Waals surface area contributed by atoms with E-state index in [1.807, 2.05) is 32.1 Å². The van der Waals surface area contributed by atoms with E-state index in [0.717, 1.165) is 24.8 Å². The lowest BCUT2D eigenvalue weighted by atomic mass is 9.91. The first kappa shape index (κ1) is 34.0. The van der Waals surface area contributed by atoms with Gasteiger partial charge in [-0.15, -0.1) is 0 Å². The van der Waals surface area contributed by atoms with Crippen LogP contribution in [-0.2, 0) is 14.4 Å². The minimum atomic E-state index is -0.714. The number of benzene rings is 2. The van der Waals surface area contributed by atoms with Gasteiger partial charge in [0.1, 0.15) is 23.5 Å². The summed E-state index contributed by atoms with van der Waals surface area (Å²) < 4.78 is 25.7. The topological polar surface area (TPSA) is 119 Å². The number of hydrogen-bond acceptors (Lipinski definition) is 7. The summed E-state index contributed by atoms with van der Waals surface area (Å²) in [6, 6.07) is 9.60. The second-order valence-corrected chi connectivity index (χ2v) is 13.0. The Balaban J connectivity index is 1.25. The highest BCUT2D eigenvalue weighted by Crippen LogP contribution is 2.56. The van der Waals surface area contributed by atoms with Crippen molar-refractivity contribution in [1.29, 1.82) is 0 Å². The quantitative estimate of drug-likeness (QED) is 0.150. The van der Waals surface area contributed by atoms with E-state index in [1.54, 1.807) is 31.2 Å². The molecule has 3 aromatic rings. The lowest BCUT2D eigenvalue weighted by Crippen LogP contribution is -2.37. The van der Waals surface area contributed by atoms with Gasteiger partial charge in [0.15, 0.2) is 5.82 Å². The van der Waals surface area contributed by atoms with Crippen LogP contribution < -0.4 is 9.47 Å². The second-order valence-electron chi connectivity index (χ2n) is 13.0. The van der Waals surface area contributed by atoms with Crippen LogP contribution in [0.4, 0.5) is 4.39 Å². The van der Waals surface area contributed by atoms with Crippen molar-refractivity contribution in [3.63, 3.8) is 0 Å². The zero-order valence-electron chi connectivity index (χ0n) is 27.8. The number of unbranched alkanes of at least 4 members (excludes halogenated alkanes) is 2. The summed E-state index contributed by atoms with van der Waals surface area (Å²) in [5.74, 6) is -0.671. The number of allylic oxidation sites excluding steroid dienone is 2. The van der Waals surface area contributed by atoms with Gasteiger partial charge in [-0.05, 0) is 101 Å². The predicted octanol–water partition coefficient (Wildman–Crippen LogP) is 6.80. The predicted molar refractivity (Wildman–Crippen MR) is 177 cm³/mol. The maximum Gasteiger partial charge on any atom is 0.310 e. The smallest absolute Gasteiger partial charge is 0.310 e. The van der Waals surface area contributed by atoms with Gasteiger partial charge in [0.25, 0.3) is 0 Å². The first-order valence-electron chi connectivity index (χ1n) is 16.4. The van der Waals surface area contributed by atoms with Gasteiger partial charge in [-0.1, -0.05) is 19.1 Å². The van der Waals surface area contributed by atoms with E-state index in [4.69, 9.17) is 19.4 Å². The van der Waals surface area contributed by atoms with Crippen LogP contribution in [0.15, 0.2) is 48.6 Å². The lowest BCUT2D eigenvalue weighted by Gasteiger charge is -2.23. The molecular formula is C37H44FN3O6. The molecule has 1 N–H and O–H groups in total. The normalized spacial score (nSPS) is 23.6. The Morgan fingerprint density at radius 2 is 1.81 bits per heavy atom. The number of ketones is 1. The molecule has 1 amide bonds. The van der Waals surface area contributed by atoms with Crippen LogP contribution in [0.5, 0.6) is 11.6 Å². The Morgan fingerprint density at radius 3 is 2.45 bits per heavy atom. The maximum absolute atomic E-state index is 13.7. The molecule has 2 fully saturated rings. The summed E-state index contributed by atoms with van der Waals surface area (Å²) in [5, 5.41) is 10.2. The number of halogens is 1. The van der Waals surface area contributed by atoms with Crippen LogP contribution in [0.1, 0.15) is 64.4 Å². The van der Waals surface area contributed by atoms with Crippen molar-refractivity contribution in [2.45, 2.75) is 71.8 Å². The third-order valence-electron chi connectivity index (χ3n) is 10.0. The molecule has 1 heterocycles. The number of aryl methyl sites for hydroxylation is 1. The summed E-state index contributed by atoms with van der Waals surface area (Å²) in [7, 11) is 3.37. The Morgan fingerprint density at radius 1 is 1.09 bits per heavy atom. The van der Waals surface area contributed by atoms with Crippen molar-refractivity contribution in [1.82, 2.24) is 14.9 Å². The van der Waals surface area contributed by atoms with Crippen molar-refractivity contribution >= 4 is 28.6 Å². The van der Waals surface area contributed by atoms with E-state index < -0.39 is 29.3 Å². The van der Waals surface area contributed by atoms with Crippen LogP contribution in [0, 0.1) is 35.9 Å². The molecule has 1 aromatic heterocycles. The zero-order chi connectivity index (χ0) is 33.9. The van der Waals surface area contributed by atoms with Crippen LogP contribution in [0.3, 0.4) is 0 Å². The second kappa shape index (κ2) is 14.2. The Kier molecular flexibility index (Phi) is 10.3. The van der Waals surface area contributed by atoms with Crippen molar-refractivity contribution < 1.29 is 33.4 Å². The van der Waals surface area contributed by atoms with Gasteiger partial charge in [-0.3, -0.25) is 14.4 Å². The maximum atomic E-state index is 13.7. The van der Waals surface area contributed by atoms with E-state index >= 15 is 0 Å². The fraction of sp³-hybridized carbons (Fsp3) is 0.486. The number of ether oxygens (including phenoxy) is 2. The van der Waals surface area contributed by atoms with Crippen molar-refractivity contribution in [3.8, 4) is 23.0 Å². The average Bonchev–Trinajstić information content (AvgIpc) is 3.63. The van der Waals surface area contributed by atoms with Gasteiger partial charge in [-0.25, -0.2) is 9.37 Å². The van der Waals surface area contributed by atoms with Gasteiger partial charge in [-0.2, -0.15) is 4.98 Å². The Labute approximate surface area is 275 Å². The molecule has 1 unspecified atom stereocenters. The summed E-state index contributed by atoms with van der Waals surface area (Å²) >= 11 is 0. The number of Topliss-reactive ketones (excluding diaryl/α,β-unsaturated/α-hetero) is 1. The minimum absolute atomic E-state index is 0.0438. The number of amides is 1. The van der Waals surface area contributed by atoms with Gasteiger partial charge >= 0.3 is 5.97 Å². The number of methoxy groups -OCH3 is 1. The summed E-state index contributed by atoms with van der Waals surface area (Å²) in [6.45, 7) is 5.92. The number of fused-ring (bicyclic) bond motifs is 1. The standard InChI is InChI=1S/C37H44FN3O6/c1-6-37(36(44)45)21-25(37)11-9-7-8-10-18-41(4)35(43)30-20-27(19-29(30)23(3)42)47-34-28-16-17-31(46-5)22(2)32(28)39-33(40-34)24-12-14-26(38)15-13-24/h9,11-17,25,27,29-30H,6-8,10,18-21H2,1-5H3,(H,44,45)/b11-9-/t25-,27-,29+,30?,37+/m1/s1. The van der Waals surface area contributed by atoms with Gasteiger partial charge < -0.3 is 19.5 Å². The molecule has 2 saturated carbocycles. The highest BCUT2D eigenvalue weighted by Gasteiger charge is 2.57. The molecule has 250 valence electrons. The number of carbonyl (C=O) groups is 3. The highest BCUT2D eigenvalue weighted by molar-refractivity contribution is 5.90. The number of carboxylic acid groups (broad SMARTS) is 1. The van der Waals surface area contributed by atoms with Crippen LogP contribution in [0.2, 0.25) is 0 Å². The molecular weight excluding hydrogens is 601 g/mol. The SMILES string of the molecule is CC[C@]1(C(=O)O)C[C@H]1/C=C\CCCCN(C)C(=O)C1C[C@H](Oc2nc(-c3ccc(F)cc3)nc3c(C)c(OC)ccc23)C[C@H]1C(C)=O. The van der Waals surface area contributed by atoms with E-state index in [-0.39, 0.29) is 23.4 Å². The largest absolute Gasteiger partial charge is 0.496 e. The first-order chi connectivity index (χ1) is 22.5. The molecule has 0 saturated heterocycles. The molecule has 0 aliphatic heterocycles. The van der Waals surface area contributed by atoms with Crippen molar-refractivity contribution in [3.05, 3.63) is 59.9 Å². The molecule has 0 spiro atoms. The third kappa shape index (κ3) is 7.16. The first-order valence-corrected chi connectivity index (χ1v) is 16.4. The van der Waals surface area contributed by atoms with Gasteiger partial charge in [0.2, 0.25) is 11.8 Å². The molecule has 47 heavy (non-hydrogen) atoms. The van der Waals surface area contributed by atoms with Gasteiger partial charge in [0.05, 0.1) is 29.3 Å². The van der Waals surface area contributed by atoms with Crippen molar-refractivity contribution in [2.75, 3.05) is 20.7 Å². The van der Waals surface area contributed by atoms with Crippen molar-refractivity contribution in [2.24, 2.45) is 23.2 Å². The zero-order valence-corrected chi connectivity index (χ0v) is 27.8. The van der Waals surface area contributed by atoms with E-state index in [9.17, 15) is 23.9 Å². The molecule has 5 atom stereocenters. The average molecular weight is 646 g/mol. The number of rotatable bonds is 14. The monoisotopic (exact) mass is 645 g/mol. The summed E-state index contributed by atoms with van der Waals surface area (Å²) in [4.78, 5) is 49.1. The lowest BCUT2D eigenvalue weighted by molar-refractivity contribution is -0.143. The summed E-state index contributed by atoms with van der Waals surface area (Å²) in [5.41, 5.74) is 1.49. The number of aliphatic carboxylic acids is 1. The Bertz CT molecular complexity index is 1670. The number of hydrogen-bond donors (Lipinski definition) is 1. The number of carboxylic acids is 1. The van der Waals surface area contributed by atoms with Crippen LogP contribution in [-0.4, -0.2) is 64.4 Å². The minimum Gasteiger partial charge on any atom is -0.496 e. The highest BCUT2D eigenvalue weighted by atomic mass is 19.1. The third-order valence-corrected chi connectivity index (χ3v) is 10.0. The number of carbonyl (C=O) groups excluding carboxylic acids is 2. The number of aromatic nitrogens is 2. The molecule has 0 radical (unpaired) electrons. The fourth-order valence-corrected chi connectivity index (χ4v) is 6.95. The van der Waals surface area contributed by atoms with E-state index in [2.05, 4.69) is 6.08 Å². The molecule has 5 rings (SSSR count). The van der Waals surface area contributed by atoms with Crippen LogP contribution >= 0.6 is 0 Å². The Hall–Kier alpha value is -4.34. The molecule has 2 aliphatic rings. The van der Waals surface area contributed by atoms with E-state index in [0.29, 0.717) is 66.1 Å². The molecule has 9 nitrogen and oxygen atoms in total. The van der Waals surface area contributed by atoms with Gasteiger partial charge in [0, 0.05) is 30.6 Å². The molecule has 2 aromatic carbocycles. The fourth-order valence-electron chi connectivity index (χ4n) is 6.95. The molecule has 10 heteroatoms. The molecule has 2 aliphatic carbocycles. The van der Waals surface area contributed by atoms with Crippen LogP contribution in [0.25, 0.3) is 22.3 Å². The number of nitrogens with zero attached hydrogens (tertiary/aromatic N) is 3.